The first kappa shape index (κ1) is 26.4. The molecule has 10 nitrogen and oxygen atoms in total. The zero-order valence-corrected chi connectivity index (χ0v) is 22.7. The summed E-state index contributed by atoms with van der Waals surface area (Å²) in [6.07, 6.45) is 5.38. The van der Waals surface area contributed by atoms with Gasteiger partial charge in [0.05, 0.1) is 45.1 Å². The highest BCUT2D eigenvalue weighted by Gasteiger charge is 2.31. The van der Waals surface area contributed by atoms with Crippen molar-refractivity contribution in [1.29, 1.82) is 5.26 Å². The highest BCUT2D eigenvalue weighted by molar-refractivity contribution is 5.64. The predicted molar refractivity (Wildman–Crippen MR) is 149 cm³/mol. The molecular weight excluding hydrogens is 508 g/mol. The lowest BCUT2D eigenvalue weighted by molar-refractivity contribution is -0.0713. The standard InChI is InChI=1S/C30H34N6O4/c1-37-28-15-23(3-4-26(28)20-6-10-36(11-7-20)24-17-39-18-24)34-30-33-19-32-29(35-30)21-2-5-27(22(14-21)16-31)40-25-8-12-38-13-9-25/h2-5,14-15,19-20,24-25H,6-13,17-18H2,1H3,(H,32,33,34,35). The van der Waals surface area contributed by atoms with E-state index in [9.17, 15) is 5.26 Å². The van der Waals surface area contributed by atoms with E-state index in [1.54, 1.807) is 13.2 Å². The number of piperidine rings is 1. The molecule has 0 unspecified atom stereocenters. The van der Waals surface area contributed by atoms with Gasteiger partial charge in [0.15, 0.2) is 5.82 Å². The summed E-state index contributed by atoms with van der Waals surface area (Å²) in [5, 5.41) is 13.0. The van der Waals surface area contributed by atoms with Gasteiger partial charge in [0.2, 0.25) is 5.95 Å². The lowest BCUT2D eigenvalue weighted by Crippen LogP contribution is -2.51. The van der Waals surface area contributed by atoms with E-state index in [2.05, 4.69) is 37.3 Å². The van der Waals surface area contributed by atoms with Crippen LogP contribution in [0.25, 0.3) is 11.4 Å². The van der Waals surface area contributed by atoms with Crippen LogP contribution in [0.4, 0.5) is 11.6 Å². The highest BCUT2D eigenvalue weighted by Crippen LogP contribution is 2.37. The van der Waals surface area contributed by atoms with Crippen LogP contribution in [-0.4, -0.2) is 78.6 Å². The Hall–Kier alpha value is -3.78. The number of likely N-dealkylation sites (tertiary alicyclic amines) is 1. The molecule has 208 valence electrons. The molecule has 3 aliphatic rings. The first-order chi connectivity index (χ1) is 19.7. The lowest BCUT2D eigenvalue weighted by atomic mass is 9.88. The second-order valence-corrected chi connectivity index (χ2v) is 10.5. The zero-order chi connectivity index (χ0) is 27.3. The average Bonchev–Trinajstić information content (AvgIpc) is 2.97. The predicted octanol–water partition coefficient (Wildman–Crippen LogP) is 4.30. The number of nitriles is 1. The minimum absolute atomic E-state index is 0.0540. The number of benzene rings is 2. The molecule has 3 fully saturated rings. The first-order valence-electron chi connectivity index (χ1n) is 13.9. The van der Waals surface area contributed by atoms with Gasteiger partial charge in [-0.25, -0.2) is 9.97 Å². The van der Waals surface area contributed by atoms with Crippen LogP contribution < -0.4 is 14.8 Å². The van der Waals surface area contributed by atoms with Crippen LogP contribution in [0.2, 0.25) is 0 Å². The summed E-state index contributed by atoms with van der Waals surface area (Å²) >= 11 is 0. The van der Waals surface area contributed by atoms with Crippen LogP contribution in [0.3, 0.4) is 0 Å². The molecule has 0 atom stereocenters. The maximum Gasteiger partial charge on any atom is 0.230 e. The molecule has 0 amide bonds. The number of anilines is 2. The molecule has 3 saturated heterocycles. The summed E-state index contributed by atoms with van der Waals surface area (Å²) in [7, 11) is 1.71. The van der Waals surface area contributed by atoms with Crippen LogP contribution in [-0.2, 0) is 9.47 Å². The number of ether oxygens (including phenoxy) is 4. The Morgan fingerprint density at radius 1 is 0.975 bits per heavy atom. The Kier molecular flexibility index (Phi) is 8.04. The van der Waals surface area contributed by atoms with Crippen molar-refractivity contribution in [3.63, 3.8) is 0 Å². The SMILES string of the molecule is COc1cc(Nc2ncnc(-c3ccc(OC4CCOCC4)c(C#N)c3)n2)ccc1C1CCN(C2COC2)CC1. The summed E-state index contributed by atoms with van der Waals surface area (Å²) in [5.74, 6) is 2.79. The van der Waals surface area contributed by atoms with E-state index in [1.807, 2.05) is 24.3 Å². The molecule has 0 radical (unpaired) electrons. The minimum atomic E-state index is 0.0540. The van der Waals surface area contributed by atoms with Crippen molar-refractivity contribution in [3.8, 4) is 29.0 Å². The normalized spacial score (nSPS) is 19.0. The maximum absolute atomic E-state index is 9.75. The molecule has 0 bridgehead atoms. The number of nitrogens with zero attached hydrogens (tertiary/aromatic N) is 5. The van der Waals surface area contributed by atoms with E-state index in [-0.39, 0.29) is 6.10 Å². The van der Waals surface area contributed by atoms with E-state index in [4.69, 9.17) is 18.9 Å². The van der Waals surface area contributed by atoms with Gasteiger partial charge in [0, 0.05) is 30.2 Å². The Morgan fingerprint density at radius 2 is 1.80 bits per heavy atom. The molecule has 6 rings (SSSR count). The number of rotatable bonds is 8. The van der Waals surface area contributed by atoms with Crippen molar-refractivity contribution in [1.82, 2.24) is 19.9 Å². The van der Waals surface area contributed by atoms with Crippen molar-refractivity contribution < 1.29 is 18.9 Å². The van der Waals surface area contributed by atoms with Crippen LogP contribution >= 0.6 is 0 Å². The Bertz CT molecular complexity index is 1360. The molecule has 0 spiro atoms. The molecule has 3 aromatic rings. The maximum atomic E-state index is 9.75. The van der Waals surface area contributed by atoms with Gasteiger partial charge in [0.25, 0.3) is 0 Å². The highest BCUT2D eigenvalue weighted by atomic mass is 16.5. The van der Waals surface area contributed by atoms with Gasteiger partial charge in [-0.2, -0.15) is 10.2 Å². The van der Waals surface area contributed by atoms with E-state index in [0.717, 1.165) is 63.4 Å². The molecule has 4 heterocycles. The molecule has 40 heavy (non-hydrogen) atoms. The summed E-state index contributed by atoms with van der Waals surface area (Å²) in [5.41, 5.74) is 3.24. The summed E-state index contributed by atoms with van der Waals surface area (Å²) in [4.78, 5) is 15.8. The number of hydrogen-bond donors (Lipinski definition) is 1. The molecule has 2 aromatic carbocycles. The van der Waals surface area contributed by atoms with Crippen molar-refractivity contribution in [2.24, 2.45) is 0 Å². The molecule has 3 aliphatic heterocycles. The van der Waals surface area contributed by atoms with Gasteiger partial charge >= 0.3 is 0 Å². The van der Waals surface area contributed by atoms with Crippen molar-refractivity contribution in [3.05, 3.63) is 53.9 Å². The summed E-state index contributed by atoms with van der Waals surface area (Å²) in [6, 6.07) is 14.5. The fraction of sp³-hybridized carbons (Fsp3) is 0.467. The Balaban J connectivity index is 1.14. The molecule has 0 aliphatic carbocycles. The van der Waals surface area contributed by atoms with Crippen LogP contribution in [0.15, 0.2) is 42.7 Å². The van der Waals surface area contributed by atoms with Crippen molar-refractivity contribution >= 4 is 11.6 Å². The quantitative estimate of drug-likeness (QED) is 0.442. The largest absolute Gasteiger partial charge is 0.496 e. The van der Waals surface area contributed by atoms with E-state index in [0.29, 0.717) is 53.8 Å². The average molecular weight is 543 g/mol. The van der Waals surface area contributed by atoms with E-state index in [1.165, 1.54) is 11.9 Å². The molecule has 0 saturated carbocycles. The Labute approximate surface area is 234 Å². The molecule has 10 heteroatoms. The topological polar surface area (TPSA) is 115 Å². The lowest BCUT2D eigenvalue weighted by Gasteiger charge is -2.41. The second-order valence-electron chi connectivity index (χ2n) is 10.5. The summed E-state index contributed by atoms with van der Waals surface area (Å²) in [6.45, 7) is 5.26. The van der Waals surface area contributed by atoms with Crippen LogP contribution in [0, 0.1) is 11.3 Å². The summed E-state index contributed by atoms with van der Waals surface area (Å²) < 4.78 is 22.6. The molecular formula is C30H34N6O4. The number of hydrogen-bond acceptors (Lipinski definition) is 10. The van der Waals surface area contributed by atoms with Crippen molar-refractivity contribution in [2.75, 3.05) is 51.9 Å². The van der Waals surface area contributed by atoms with Crippen LogP contribution in [0.1, 0.15) is 42.7 Å². The van der Waals surface area contributed by atoms with Crippen molar-refractivity contribution in [2.45, 2.75) is 43.7 Å². The van der Waals surface area contributed by atoms with Gasteiger partial charge in [-0.05, 0) is 61.7 Å². The first-order valence-corrected chi connectivity index (χ1v) is 13.9. The van der Waals surface area contributed by atoms with E-state index < -0.39 is 0 Å². The van der Waals surface area contributed by atoms with E-state index >= 15 is 0 Å². The van der Waals surface area contributed by atoms with Crippen LogP contribution in [0.5, 0.6) is 11.5 Å². The number of methoxy groups -OCH3 is 1. The fourth-order valence-electron chi connectivity index (χ4n) is 5.59. The number of aromatic nitrogens is 3. The fourth-order valence-corrected chi connectivity index (χ4v) is 5.59. The number of nitrogens with one attached hydrogen (secondary N) is 1. The van der Waals surface area contributed by atoms with Gasteiger partial charge in [-0.1, -0.05) is 6.07 Å². The Morgan fingerprint density at radius 3 is 2.52 bits per heavy atom. The third-order valence-electron chi connectivity index (χ3n) is 7.99. The minimum Gasteiger partial charge on any atom is -0.496 e. The van der Waals surface area contributed by atoms with Gasteiger partial charge in [-0.3, -0.25) is 4.90 Å². The third-order valence-corrected chi connectivity index (χ3v) is 7.99. The molecule has 1 N–H and O–H groups in total. The molecule has 1 aromatic heterocycles. The smallest absolute Gasteiger partial charge is 0.230 e. The zero-order valence-electron chi connectivity index (χ0n) is 22.7. The van der Waals surface area contributed by atoms with Gasteiger partial charge in [0.1, 0.15) is 30.0 Å². The third kappa shape index (κ3) is 5.87. The van der Waals surface area contributed by atoms with Gasteiger partial charge in [-0.15, -0.1) is 0 Å². The monoisotopic (exact) mass is 542 g/mol. The second kappa shape index (κ2) is 12.2. The van der Waals surface area contributed by atoms with Gasteiger partial charge < -0.3 is 24.3 Å².